The number of benzene rings is 3. The van der Waals surface area contributed by atoms with Crippen LogP contribution in [0, 0.1) is 5.41 Å². The van der Waals surface area contributed by atoms with Gasteiger partial charge in [-0.1, -0.05) is 42.5 Å². The van der Waals surface area contributed by atoms with E-state index in [1.165, 1.54) is 4.90 Å². The number of rotatable bonds is 8. The number of nitrogens with zero attached hydrogens (tertiary/aromatic N) is 1. The number of nitrogen functional groups attached to an aromatic ring is 1. The molecule has 0 aromatic heterocycles. The third-order valence-corrected chi connectivity index (χ3v) is 6.03. The molecule has 0 radical (unpaired) electrons. The lowest BCUT2D eigenvalue weighted by Crippen LogP contribution is -2.46. The van der Waals surface area contributed by atoms with Gasteiger partial charge in [0.1, 0.15) is 11.3 Å². The van der Waals surface area contributed by atoms with E-state index in [1.54, 1.807) is 31.4 Å². The molecule has 3 aromatic carbocycles. The molecule has 9 nitrogen and oxygen atoms in total. The largest absolute Gasteiger partial charge is 0.497 e. The minimum atomic E-state index is -0.913. The standard InChI is InChI=1S/C27H30N6O3/c1-27(15-20-5-3-8-23(13-20)36-2)24(34)33(25(29)32-27)17-19-11-9-18(10-12-19)16-30-26(35)31-22-7-4-6-21(28)14-22/h3-14H,15-17,28H2,1-2H3,(H2,29,32)(H2,30,31,35). The minimum absolute atomic E-state index is 0.0781. The van der Waals surface area contributed by atoms with Crippen molar-refractivity contribution >= 4 is 29.3 Å². The highest BCUT2D eigenvalue weighted by molar-refractivity contribution is 6.07. The molecular weight excluding hydrogens is 456 g/mol. The fourth-order valence-corrected chi connectivity index (χ4v) is 4.16. The first kappa shape index (κ1) is 24.6. The summed E-state index contributed by atoms with van der Waals surface area (Å²) in [5.74, 6) is 0.652. The van der Waals surface area contributed by atoms with Crippen molar-refractivity contribution in [2.75, 3.05) is 18.2 Å². The number of methoxy groups -OCH3 is 1. The number of urea groups is 1. The number of guanidine groups is 1. The summed E-state index contributed by atoms with van der Waals surface area (Å²) in [5.41, 5.74) is 8.75. The Hall–Kier alpha value is -4.53. The normalized spacial score (nSPS) is 17.0. The van der Waals surface area contributed by atoms with Crippen LogP contribution in [-0.2, 0) is 24.3 Å². The van der Waals surface area contributed by atoms with Gasteiger partial charge in [0.25, 0.3) is 5.91 Å². The van der Waals surface area contributed by atoms with Gasteiger partial charge in [0, 0.05) is 24.3 Å². The zero-order chi connectivity index (χ0) is 25.7. The maximum absolute atomic E-state index is 13.2. The molecule has 0 aliphatic carbocycles. The Labute approximate surface area is 210 Å². The molecule has 9 heteroatoms. The number of nitrogens with two attached hydrogens (primary N) is 1. The van der Waals surface area contributed by atoms with Crippen molar-refractivity contribution in [1.82, 2.24) is 15.5 Å². The summed E-state index contributed by atoms with van der Waals surface area (Å²) in [7, 11) is 1.61. The van der Waals surface area contributed by atoms with Crippen molar-refractivity contribution in [2.45, 2.75) is 32.0 Å². The molecule has 186 valence electrons. The summed E-state index contributed by atoms with van der Waals surface area (Å²) in [6.45, 7) is 2.43. The van der Waals surface area contributed by atoms with Crippen LogP contribution >= 0.6 is 0 Å². The molecule has 1 fully saturated rings. The number of amides is 3. The molecule has 0 saturated carbocycles. The summed E-state index contributed by atoms with van der Waals surface area (Å²) in [4.78, 5) is 26.8. The molecule has 6 N–H and O–H groups in total. The molecule has 1 aliphatic rings. The van der Waals surface area contributed by atoms with Gasteiger partial charge >= 0.3 is 6.03 Å². The Balaban J connectivity index is 1.33. The fraction of sp³-hybridized carbons (Fsp3) is 0.222. The number of nitrogens with one attached hydrogen (secondary N) is 4. The van der Waals surface area contributed by atoms with E-state index in [4.69, 9.17) is 15.9 Å². The average molecular weight is 487 g/mol. The topological polar surface area (TPSA) is 133 Å². The van der Waals surface area contributed by atoms with Crippen LogP contribution in [0.15, 0.2) is 72.8 Å². The molecular formula is C27H30N6O3. The first-order chi connectivity index (χ1) is 17.3. The summed E-state index contributed by atoms with van der Waals surface area (Å²) >= 11 is 0. The van der Waals surface area contributed by atoms with E-state index in [-0.39, 0.29) is 24.4 Å². The maximum Gasteiger partial charge on any atom is 0.319 e. The van der Waals surface area contributed by atoms with Gasteiger partial charge in [0.2, 0.25) is 0 Å². The van der Waals surface area contributed by atoms with E-state index in [2.05, 4.69) is 16.0 Å². The van der Waals surface area contributed by atoms with Gasteiger partial charge in [-0.05, 0) is 53.9 Å². The summed E-state index contributed by atoms with van der Waals surface area (Å²) in [6.07, 6.45) is 0.435. The number of hydrogen-bond acceptors (Lipinski definition) is 5. The predicted octanol–water partition coefficient (Wildman–Crippen LogP) is 3.47. The maximum atomic E-state index is 13.2. The van der Waals surface area contributed by atoms with Crippen LogP contribution in [-0.4, -0.2) is 35.4 Å². The van der Waals surface area contributed by atoms with Gasteiger partial charge < -0.3 is 26.4 Å². The molecule has 36 heavy (non-hydrogen) atoms. The molecule has 0 spiro atoms. The van der Waals surface area contributed by atoms with Crippen LogP contribution in [0.5, 0.6) is 5.75 Å². The highest BCUT2D eigenvalue weighted by atomic mass is 16.5. The Morgan fingerprint density at radius 1 is 1.06 bits per heavy atom. The van der Waals surface area contributed by atoms with Crippen LogP contribution in [0.2, 0.25) is 0 Å². The van der Waals surface area contributed by atoms with Crippen LogP contribution in [0.1, 0.15) is 23.6 Å². The molecule has 1 heterocycles. The number of carbonyl (C=O) groups is 2. The number of hydrogen-bond donors (Lipinski definition) is 5. The third-order valence-electron chi connectivity index (χ3n) is 6.03. The third kappa shape index (κ3) is 5.75. The first-order valence-corrected chi connectivity index (χ1v) is 11.6. The van der Waals surface area contributed by atoms with Crippen molar-refractivity contribution in [3.63, 3.8) is 0 Å². The fourth-order valence-electron chi connectivity index (χ4n) is 4.16. The number of ether oxygens (including phenoxy) is 1. The van der Waals surface area contributed by atoms with Crippen molar-refractivity contribution in [2.24, 2.45) is 0 Å². The zero-order valence-corrected chi connectivity index (χ0v) is 20.3. The molecule has 3 aromatic rings. The lowest BCUT2D eigenvalue weighted by Gasteiger charge is -2.22. The Morgan fingerprint density at radius 2 is 1.78 bits per heavy atom. The van der Waals surface area contributed by atoms with Crippen LogP contribution in [0.3, 0.4) is 0 Å². The Morgan fingerprint density at radius 3 is 2.50 bits per heavy atom. The number of carbonyl (C=O) groups excluding carboxylic acids is 2. The Bertz CT molecular complexity index is 1280. The monoisotopic (exact) mass is 486 g/mol. The van der Waals surface area contributed by atoms with Crippen LogP contribution < -0.4 is 26.4 Å². The van der Waals surface area contributed by atoms with E-state index < -0.39 is 5.54 Å². The van der Waals surface area contributed by atoms with Gasteiger partial charge in [0.15, 0.2) is 5.96 Å². The smallest absolute Gasteiger partial charge is 0.319 e. The quantitative estimate of drug-likeness (QED) is 0.311. The van der Waals surface area contributed by atoms with Crippen molar-refractivity contribution < 1.29 is 14.3 Å². The van der Waals surface area contributed by atoms with E-state index in [9.17, 15) is 9.59 Å². The highest BCUT2D eigenvalue weighted by Gasteiger charge is 2.45. The van der Waals surface area contributed by atoms with E-state index in [0.717, 1.165) is 22.4 Å². The molecule has 3 amide bonds. The van der Waals surface area contributed by atoms with E-state index in [1.807, 2.05) is 55.5 Å². The molecule has 0 bridgehead atoms. The second-order valence-electron chi connectivity index (χ2n) is 8.97. The highest BCUT2D eigenvalue weighted by Crippen LogP contribution is 2.25. The molecule has 4 rings (SSSR count). The van der Waals surface area contributed by atoms with Gasteiger partial charge in [-0.25, -0.2) is 4.79 Å². The summed E-state index contributed by atoms with van der Waals surface area (Å²) < 4.78 is 5.28. The minimum Gasteiger partial charge on any atom is -0.497 e. The van der Waals surface area contributed by atoms with Crippen LogP contribution in [0.25, 0.3) is 0 Å². The van der Waals surface area contributed by atoms with E-state index >= 15 is 0 Å². The SMILES string of the molecule is COc1cccc(CC2(C)NC(=N)N(Cc3ccc(CNC(=O)Nc4cccc(N)c4)cc3)C2=O)c1. The van der Waals surface area contributed by atoms with Crippen molar-refractivity contribution in [1.29, 1.82) is 5.41 Å². The molecule has 1 atom stereocenters. The number of anilines is 2. The molecule has 1 unspecified atom stereocenters. The summed E-state index contributed by atoms with van der Waals surface area (Å²) in [5, 5.41) is 17.0. The van der Waals surface area contributed by atoms with Crippen molar-refractivity contribution in [3.8, 4) is 5.75 Å². The van der Waals surface area contributed by atoms with Gasteiger partial charge in [0.05, 0.1) is 13.7 Å². The van der Waals surface area contributed by atoms with Crippen LogP contribution in [0.4, 0.5) is 16.2 Å². The zero-order valence-electron chi connectivity index (χ0n) is 20.3. The average Bonchev–Trinajstić information content (AvgIpc) is 3.06. The first-order valence-electron chi connectivity index (χ1n) is 11.6. The summed E-state index contributed by atoms with van der Waals surface area (Å²) in [6, 6.07) is 21.8. The lowest BCUT2D eigenvalue weighted by atomic mass is 9.92. The van der Waals surface area contributed by atoms with Gasteiger partial charge in [-0.2, -0.15) is 0 Å². The Kier molecular flexibility index (Phi) is 7.10. The van der Waals surface area contributed by atoms with Crippen molar-refractivity contribution in [3.05, 3.63) is 89.5 Å². The van der Waals surface area contributed by atoms with E-state index in [0.29, 0.717) is 24.3 Å². The molecule has 1 saturated heterocycles. The molecule has 1 aliphatic heterocycles. The lowest BCUT2D eigenvalue weighted by molar-refractivity contribution is -0.130. The second kappa shape index (κ2) is 10.4. The van der Waals surface area contributed by atoms with Gasteiger partial charge in [-0.15, -0.1) is 0 Å². The second-order valence-corrected chi connectivity index (χ2v) is 8.97. The van der Waals surface area contributed by atoms with Gasteiger partial charge in [-0.3, -0.25) is 15.1 Å². The predicted molar refractivity (Wildman–Crippen MR) is 140 cm³/mol.